The summed E-state index contributed by atoms with van der Waals surface area (Å²) in [6.45, 7) is 10.7. The van der Waals surface area contributed by atoms with E-state index in [1.54, 1.807) is 44.2 Å². The van der Waals surface area contributed by atoms with Gasteiger partial charge in [0.15, 0.2) is 5.82 Å². The summed E-state index contributed by atoms with van der Waals surface area (Å²) in [6, 6.07) is 15.0. The second-order valence-corrected chi connectivity index (χ2v) is 11.3. The van der Waals surface area contributed by atoms with E-state index < -0.39 is 29.3 Å². The predicted octanol–water partition coefficient (Wildman–Crippen LogP) is 5.11. The number of morpholine rings is 1. The number of thiophene rings is 1. The normalized spacial score (nSPS) is 14.0. The quantitative estimate of drug-likeness (QED) is 0.274. The summed E-state index contributed by atoms with van der Waals surface area (Å²) in [7, 11) is 0. The van der Waals surface area contributed by atoms with E-state index >= 15 is 0 Å². The van der Waals surface area contributed by atoms with E-state index in [1.807, 2.05) is 12.1 Å². The van der Waals surface area contributed by atoms with Crippen LogP contribution in [0.1, 0.15) is 45.0 Å². The Balaban J connectivity index is 1.38. The predicted molar refractivity (Wildman–Crippen MR) is 157 cm³/mol. The third-order valence-electron chi connectivity index (χ3n) is 6.87. The van der Waals surface area contributed by atoms with Crippen molar-refractivity contribution in [2.24, 2.45) is 0 Å². The molecule has 2 aromatic carbocycles. The minimum Gasteiger partial charge on any atom is -0.417 e. The van der Waals surface area contributed by atoms with E-state index in [2.05, 4.69) is 27.2 Å². The molecule has 2 amide bonds. The first kappa shape index (κ1) is 29.1. The fourth-order valence-corrected chi connectivity index (χ4v) is 5.69. The first-order valence-electron chi connectivity index (χ1n) is 13.3. The van der Waals surface area contributed by atoms with Crippen LogP contribution >= 0.6 is 11.3 Å². The van der Waals surface area contributed by atoms with Gasteiger partial charge in [0.05, 0.1) is 35.3 Å². The molecule has 0 spiro atoms. The monoisotopic (exact) mass is 591 g/mol. The number of hydrogen-bond donors (Lipinski definition) is 2. The van der Waals surface area contributed by atoms with Crippen LogP contribution in [0.4, 0.5) is 15.0 Å². The van der Waals surface area contributed by atoms with E-state index in [1.165, 1.54) is 12.1 Å². The van der Waals surface area contributed by atoms with Gasteiger partial charge in [-0.3, -0.25) is 14.5 Å². The lowest BCUT2D eigenvalue weighted by molar-refractivity contribution is 0.0342. The number of carbonyl (C=O) groups is 3. The van der Waals surface area contributed by atoms with Crippen molar-refractivity contribution in [1.29, 1.82) is 0 Å². The highest BCUT2D eigenvalue weighted by molar-refractivity contribution is 7.20. The van der Waals surface area contributed by atoms with Gasteiger partial charge in [-0.2, -0.15) is 4.68 Å². The molecule has 218 valence electrons. The number of rotatable bonds is 8. The first-order chi connectivity index (χ1) is 20.2. The summed E-state index contributed by atoms with van der Waals surface area (Å²) in [5, 5.41) is 10.2. The molecule has 0 saturated carbocycles. The molecule has 1 fully saturated rings. The Hall–Kier alpha value is -4.39. The van der Waals surface area contributed by atoms with Crippen molar-refractivity contribution in [1.82, 2.24) is 20.0 Å². The molecule has 1 aliphatic heterocycles. The van der Waals surface area contributed by atoms with E-state index in [9.17, 15) is 18.8 Å². The van der Waals surface area contributed by atoms with Crippen LogP contribution in [-0.2, 0) is 21.6 Å². The molecule has 42 heavy (non-hydrogen) atoms. The molecular formula is C30H30FN5O5S. The minimum absolute atomic E-state index is 0.0806. The lowest BCUT2D eigenvalue weighted by Crippen LogP contribution is -2.41. The molecule has 5 rings (SSSR count). The number of anilines is 1. The fraction of sp³-hybridized carbons (Fsp3) is 0.267. The van der Waals surface area contributed by atoms with E-state index in [-0.39, 0.29) is 15.5 Å². The van der Waals surface area contributed by atoms with E-state index in [0.29, 0.717) is 29.7 Å². The molecule has 12 heteroatoms. The molecule has 0 atom stereocenters. The van der Waals surface area contributed by atoms with Crippen molar-refractivity contribution < 1.29 is 28.2 Å². The van der Waals surface area contributed by atoms with Crippen LogP contribution in [0.25, 0.3) is 10.2 Å². The van der Waals surface area contributed by atoms with Gasteiger partial charge in [-0.15, -0.1) is 16.4 Å². The zero-order valence-electron chi connectivity index (χ0n) is 23.2. The second kappa shape index (κ2) is 12.2. The van der Waals surface area contributed by atoms with Crippen molar-refractivity contribution in [3.8, 4) is 0 Å². The van der Waals surface area contributed by atoms with Crippen LogP contribution in [0.2, 0.25) is 0 Å². The van der Waals surface area contributed by atoms with Gasteiger partial charge in [0.25, 0.3) is 11.8 Å². The van der Waals surface area contributed by atoms with Gasteiger partial charge < -0.3 is 20.1 Å². The summed E-state index contributed by atoms with van der Waals surface area (Å²) in [5.41, 5.74) is 0.761. The number of aromatic nitrogens is 2. The molecule has 0 bridgehead atoms. The van der Waals surface area contributed by atoms with Crippen molar-refractivity contribution in [2.45, 2.75) is 25.9 Å². The van der Waals surface area contributed by atoms with Crippen molar-refractivity contribution >= 4 is 45.3 Å². The van der Waals surface area contributed by atoms with Crippen LogP contribution in [0, 0.1) is 5.82 Å². The molecule has 0 aliphatic carbocycles. The van der Waals surface area contributed by atoms with Gasteiger partial charge in [0.2, 0.25) is 0 Å². The van der Waals surface area contributed by atoms with E-state index in [4.69, 9.17) is 9.47 Å². The molecule has 3 heterocycles. The molecule has 1 aliphatic rings. The largest absolute Gasteiger partial charge is 0.440 e. The highest BCUT2D eigenvalue weighted by Crippen LogP contribution is 2.33. The molecule has 2 aromatic heterocycles. The fourth-order valence-electron chi connectivity index (χ4n) is 4.70. The van der Waals surface area contributed by atoms with Crippen LogP contribution < -0.4 is 10.6 Å². The Kier molecular flexibility index (Phi) is 8.48. The smallest absolute Gasteiger partial charge is 0.417 e. The third kappa shape index (κ3) is 6.25. The lowest BCUT2D eigenvalue weighted by atomic mass is 9.93. The number of amides is 2. The van der Waals surface area contributed by atoms with Crippen molar-refractivity contribution in [3.05, 3.63) is 94.8 Å². The number of halogens is 1. The second-order valence-electron chi connectivity index (χ2n) is 10.2. The number of benzene rings is 2. The Morgan fingerprint density at radius 3 is 2.52 bits per heavy atom. The highest BCUT2D eigenvalue weighted by Gasteiger charge is 2.29. The molecule has 0 radical (unpaired) electrons. The Morgan fingerprint density at radius 2 is 1.83 bits per heavy atom. The standard InChI is InChI=1S/C30H30FN5O5S/c1-4-41-29(39)36-28-21(17-24(42-28)27(38)33-30(2,3)22-7-5-6-8-23(22)31)25(34-36)32-26(37)20-11-9-19(10-12-20)18-35-13-15-40-16-14-35/h4-12,17H,1,13-16,18H2,2-3H3,(H,33,38)(H,32,34,37). The SMILES string of the molecule is C=COC(=O)n1nc(NC(=O)c2ccc(CN3CCOCC3)cc2)c2cc(C(=O)NC(C)(C)c3ccccc3F)sc21. The minimum atomic E-state index is -1.03. The van der Waals surface area contributed by atoms with Gasteiger partial charge in [-0.25, -0.2) is 9.18 Å². The molecule has 0 unspecified atom stereocenters. The zero-order chi connectivity index (χ0) is 29.9. The topological polar surface area (TPSA) is 115 Å². The number of fused-ring (bicyclic) bond motifs is 1. The summed E-state index contributed by atoms with van der Waals surface area (Å²) in [4.78, 5) is 41.8. The Morgan fingerprint density at radius 1 is 1.12 bits per heavy atom. The highest BCUT2D eigenvalue weighted by atomic mass is 32.1. The van der Waals surface area contributed by atoms with Crippen LogP contribution in [-0.4, -0.2) is 58.9 Å². The number of hydrogen-bond acceptors (Lipinski definition) is 8. The van der Waals surface area contributed by atoms with Crippen molar-refractivity contribution in [2.75, 3.05) is 31.6 Å². The summed E-state index contributed by atoms with van der Waals surface area (Å²) in [5.74, 6) is -1.28. The van der Waals surface area contributed by atoms with Gasteiger partial charge in [0, 0.05) is 30.8 Å². The Bertz CT molecular complexity index is 1640. The van der Waals surface area contributed by atoms with Crippen LogP contribution in [0.3, 0.4) is 0 Å². The number of carbonyl (C=O) groups excluding carboxylic acids is 3. The molecular weight excluding hydrogens is 561 g/mol. The maximum Gasteiger partial charge on any atom is 0.440 e. The van der Waals surface area contributed by atoms with Gasteiger partial charge in [0.1, 0.15) is 10.6 Å². The zero-order valence-corrected chi connectivity index (χ0v) is 24.0. The third-order valence-corrected chi connectivity index (χ3v) is 7.98. The average molecular weight is 592 g/mol. The van der Waals surface area contributed by atoms with Gasteiger partial charge in [-0.1, -0.05) is 36.9 Å². The summed E-state index contributed by atoms with van der Waals surface area (Å²) >= 11 is 0.983. The number of nitrogens with zero attached hydrogens (tertiary/aromatic N) is 3. The molecule has 4 aromatic rings. The van der Waals surface area contributed by atoms with E-state index in [0.717, 1.165) is 47.5 Å². The van der Waals surface area contributed by atoms with Gasteiger partial charge >= 0.3 is 6.09 Å². The lowest BCUT2D eigenvalue weighted by Gasteiger charge is -2.27. The maximum absolute atomic E-state index is 14.4. The first-order valence-corrected chi connectivity index (χ1v) is 14.1. The summed E-state index contributed by atoms with van der Waals surface area (Å²) in [6.07, 6.45) is 0.105. The van der Waals surface area contributed by atoms with Crippen molar-refractivity contribution in [3.63, 3.8) is 0 Å². The van der Waals surface area contributed by atoms with Gasteiger partial charge in [-0.05, 0) is 43.7 Å². The van der Waals surface area contributed by atoms with Crippen LogP contribution in [0.15, 0.2) is 67.4 Å². The van der Waals surface area contributed by atoms with Crippen LogP contribution in [0.5, 0.6) is 0 Å². The molecule has 2 N–H and O–H groups in total. The maximum atomic E-state index is 14.4. The number of nitrogens with one attached hydrogen (secondary N) is 2. The molecule has 1 saturated heterocycles. The number of ether oxygens (including phenoxy) is 2. The Labute approximate surface area is 245 Å². The summed E-state index contributed by atoms with van der Waals surface area (Å²) < 4.78 is 25.7. The molecule has 10 nitrogen and oxygen atoms in total. The average Bonchev–Trinajstić information content (AvgIpc) is 3.55.